The molecule has 0 bridgehead atoms. The number of nitrogens with zero attached hydrogens (tertiary/aromatic N) is 1. The van der Waals surface area contributed by atoms with Gasteiger partial charge in [0.15, 0.2) is 0 Å². The van der Waals surface area contributed by atoms with E-state index in [4.69, 9.17) is 5.11 Å². The summed E-state index contributed by atoms with van der Waals surface area (Å²) in [5.41, 5.74) is -0.590. The average molecular weight is 343 g/mol. The van der Waals surface area contributed by atoms with Crippen molar-refractivity contribution in [3.05, 3.63) is 28.8 Å². The maximum absolute atomic E-state index is 11.8. The number of carboxylic acid groups (broad SMARTS) is 1. The fraction of sp³-hybridized carbons (Fsp3) is 0.417. The van der Waals surface area contributed by atoms with Crippen LogP contribution in [-0.4, -0.2) is 33.6 Å². The molecule has 0 aliphatic heterocycles. The van der Waals surface area contributed by atoms with Crippen molar-refractivity contribution in [2.45, 2.75) is 24.8 Å². The third-order valence-corrected chi connectivity index (χ3v) is 3.54. The lowest BCUT2D eigenvalue weighted by molar-refractivity contribution is 0.0690. The van der Waals surface area contributed by atoms with E-state index in [2.05, 4.69) is 43.1 Å². The van der Waals surface area contributed by atoms with E-state index in [0.717, 1.165) is 19.3 Å². The number of halogens is 1. The van der Waals surface area contributed by atoms with Crippen LogP contribution in [0.25, 0.3) is 0 Å². The smallest absolute Gasteiger partial charge is 0.353 e. The highest BCUT2D eigenvalue weighted by molar-refractivity contribution is 9.11. The maximum atomic E-state index is 11.8. The molecular formula is C12H15BrN4O3. The molecule has 0 atom stereocenters. The summed E-state index contributed by atoms with van der Waals surface area (Å²) in [6.45, 7) is 3.95. The van der Waals surface area contributed by atoms with Crippen LogP contribution < -0.4 is 10.6 Å². The van der Waals surface area contributed by atoms with Crippen LogP contribution in [0, 0.1) is 0 Å². The Morgan fingerprint density at radius 1 is 1.55 bits per heavy atom. The fourth-order valence-electron chi connectivity index (χ4n) is 2.06. The van der Waals surface area contributed by atoms with E-state index < -0.39 is 11.5 Å². The number of H-pyrrole nitrogens is 1. The maximum Gasteiger partial charge on any atom is 0.353 e. The summed E-state index contributed by atoms with van der Waals surface area (Å²) in [5.74, 6) is -0.591. The quantitative estimate of drug-likeness (QED) is 0.653. The topological polar surface area (TPSA) is 107 Å². The summed E-state index contributed by atoms with van der Waals surface area (Å²) in [6.07, 6.45) is 3.66. The molecule has 4 N–H and O–H groups in total. The van der Waals surface area contributed by atoms with Crippen LogP contribution in [0.4, 0.5) is 4.79 Å². The lowest BCUT2D eigenvalue weighted by atomic mass is 9.76. The predicted octanol–water partition coefficient (Wildman–Crippen LogP) is 1.69. The summed E-state index contributed by atoms with van der Waals surface area (Å²) in [6, 6.07) is -0.335. The molecule has 0 spiro atoms. The molecule has 108 valence electrons. The van der Waals surface area contributed by atoms with Crippen LogP contribution in [0.1, 0.15) is 35.6 Å². The Kier molecular flexibility index (Phi) is 4.12. The molecule has 20 heavy (non-hydrogen) atoms. The predicted molar refractivity (Wildman–Crippen MR) is 75.7 cm³/mol. The number of aromatic amines is 1. The minimum Gasteiger partial charge on any atom is -0.477 e. The number of carbonyl (C=O) groups is 2. The van der Waals surface area contributed by atoms with E-state index in [9.17, 15) is 9.59 Å². The van der Waals surface area contributed by atoms with Crippen LogP contribution >= 0.6 is 15.9 Å². The monoisotopic (exact) mass is 342 g/mol. The lowest BCUT2D eigenvalue weighted by Crippen LogP contribution is -2.54. The molecule has 7 nitrogen and oxygen atoms in total. The number of hydrogen-bond donors (Lipinski definition) is 4. The second kappa shape index (κ2) is 5.66. The molecule has 0 unspecified atom stereocenters. The summed E-state index contributed by atoms with van der Waals surface area (Å²) >= 11 is 3.16. The second-order valence-corrected chi connectivity index (χ2v) is 5.83. The van der Waals surface area contributed by atoms with Gasteiger partial charge in [0, 0.05) is 4.48 Å². The van der Waals surface area contributed by atoms with Crippen molar-refractivity contribution >= 4 is 27.9 Å². The number of nitrogens with one attached hydrogen (secondary N) is 3. The number of urea groups is 1. The molecule has 1 heterocycles. The van der Waals surface area contributed by atoms with E-state index in [1.54, 1.807) is 0 Å². The Bertz CT molecular complexity index is 551. The zero-order chi connectivity index (χ0) is 14.8. The van der Waals surface area contributed by atoms with Gasteiger partial charge in [0.05, 0.1) is 18.3 Å². The van der Waals surface area contributed by atoms with Crippen LogP contribution in [0.2, 0.25) is 0 Å². The minimum absolute atomic E-state index is 0.0160. The van der Waals surface area contributed by atoms with E-state index >= 15 is 0 Å². The molecule has 1 fully saturated rings. The normalized spacial score (nSPS) is 16.1. The van der Waals surface area contributed by atoms with Gasteiger partial charge in [-0.2, -0.15) is 0 Å². The Labute approximate surface area is 124 Å². The van der Waals surface area contributed by atoms with Gasteiger partial charge >= 0.3 is 12.0 Å². The first-order chi connectivity index (χ1) is 9.43. The van der Waals surface area contributed by atoms with Gasteiger partial charge in [-0.25, -0.2) is 14.6 Å². The highest BCUT2D eigenvalue weighted by atomic mass is 79.9. The first kappa shape index (κ1) is 14.6. The number of aromatic carboxylic acids is 1. The van der Waals surface area contributed by atoms with Gasteiger partial charge in [-0.1, -0.05) is 22.5 Å². The Hall–Kier alpha value is -1.83. The first-order valence-corrected chi connectivity index (χ1v) is 6.90. The fourth-order valence-corrected chi connectivity index (χ4v) is 2.20. The van der Waals surface area contributed by atoms with Gasteiger partial charge in [0.2, 0.25) is 0 Å². The molecular weight excluding hydrogens is 328 g/mol. The molecule has 2 rings (SSSR count). The van der Waals surface area contributed by atoms with Gasteiger partial charge < -0.3 is 20.7 Å². The van der Waals surface area contributed by atoms with E-state index in [0.29, 0.717) is 16.9 Å². The van der Waals surface area contributed by atoms with E-state index in [1.807, 2.05) is 0 Å². The molecule has 1 aliphatic carbocycles. The highest BCUT2D eigenvalue weighted by Gasteiger charge is 2.42. The minimum atomic E-state index is -1.07. The Morgan fingerprint density at radius 2 is 2.25 bits per heavy atom. The number of carbonyl (C=O) groups excluding carboxylic acids is 1. The summed E-state index contributed by atoms with van der Waals surface area (Å²) in [4.78, 5) is 29.5. The third kappa shape index (κ3) is 3.01. The van der Waals surface area contributed by atoms with Crippen molar-refractivity contribution in [1.29, 1.82) is 0 Å². The van der Waals surface area contributed by atoms with Crippen LogP contribution in [0.15, 0.2) is 17.3 Å². The van der Waals surface area contributed by atoms with Crippen LogP contribution in [-0.2, 0) is 5.54 Å². The van der Waals surface area contributed by atoms with Crippen molar-refractivity contribution in [3.8, 4) is 0 Å². The molecule has 1 saturated carbocycles. The number of aromatic nitrogens is 2. The van der Waals surface area contributed by atoms with Crippen molar-refractivity contribution in [3.63, 3.8) is 0 Å². The summed E-state index contributed by atoms with van der Waals surface area (Å²) < 4.78 is 0.668. The SMILES string of the molecule is C=C(Br)CNC(=O)NC1(c2ncc(C(=O)O)[nH]2)CCC1. The van der Waals surface area contributed by atoms with Gasteiger partial charge in [-0.3, -0.25) is 0 Å². The van der Waals surface area contributed by atoms with Gasteiger partial charge in [-0.15, -0.1) is 0 Å². The zero-order valence-corrected chi connectivity index (χ0v) is 12.3. The average Bonchev–Trinajstić information content (AvgIpc) is 2.81. The Balaban J connectivity index is 2.07. The molecule has 0 aromatic carbocycles. The summed E-state index contributed by atoms with van der Waals surface area (Å²) in [7, 11) is 0. The number of carboxylic acids is 1. The molecule has 1 aliphatic rings. The largest absolute Gasteiger partial charge is 0.477 e. The number of hydrogen-bond acceptors (Lipinski definition) is 3. The van der Waals surface area contributed by atoms with Crippen molar-refractivity contribution < 1.29 is 14.7 Å². The molecule has 8 heteroatoms. The van der Waals surface area contributed by atoms with Crippen molar-refractivity contribution in [2.24, 2.45) is 0 Å². The molecule has 2 amide bonds. The van der Waals surface area contributed by atoms with Crippen molar-refractivity contribution in [1.82, 2.24) is 20.6 Å². The number of rotatable bonds is 5. The molecule has 0 saturated heterocycles. The number of imidazole rings is 1. The first-order valence-electron chi connectivity index (χ1n) is 6.11. The second-order valence-electron chi connectivity index (χ2n) is 4.71. The van der Waals surface area contributed by atoms with E-state index in [-0.39, 0.29) is 11.7 Å². The highest BCUT2D eigenvalue weighted by Crippen LogP contribution is 2.39. The van der Waals surface area contributed by atoms with Crippen molar-refractivity contribution in [2.75, 3.05) is 6.54 Å². The molecule has 1 aromatic heterocycles. The van der Waals surface area contributed by atoms with Crippen LogP contribution in [0.5, 0.6) is 0 Å². The lowest BCUT2D eigenvalue weighted by Gasteiger charge is -2.40. The molecule has 0 radical (unpaired) electrons. The van der Waals surface area contributed by atoms with Gasteiger partial charge in [-0.05, 0) is 19.3 Å². The molecule has 1 aromatic rings. The zero-order valence-electron chi connectivity index (χ0n) is 10.7. The van der Waals surface area contributed by atoms with E-state index in [1.165, 1.54) is 6.20 Å². The number of amides is 2. The summed E-state index contributed by atoms with van der Waals surface area (Å²) in [5, 5.41) is 14.4. The van der Waals surface area contributed by atoms with Crippen LogP contribution in [0.3, 0.4) is 0 Å². The van der Waals surface area contributed by atoms with Gasteiger partial charge in [0.1, 0.15) is 11.5 Å². The van der Waals surface area contributed by atoms with Gasteiger partial charge in [0.25, 0.3) is 0 Å². The standard InChI is InChI=1S/C12H15BrN4O3/c1-7(13)5-15-11(20)17-12(3-2-4-12)10-14-6-8(16-10)9(18)19/h6H,1-5H2,(H,14,16)(H,18,19)(H2,15,17,20). The third-order valence-electron chi connectivity index (χ3n) is 3.26. The Morgan fingerprint density at radius 3 is 2.70 bits per heavy atom.